The van der Waals surface area contributed by atoms with E-state index >= 15 is 0 Å². The number of methoxy groups -OCH3 is 1. The quantitative estimate of drug-likeness (QED) is 0.529. The van der Waals surface area contributed by atoms with Crippen LogP contribution < -0.4 is 0 Å². The normalized spacial score (nSPS) is 46.9. The summed E-state index contributed by atoms with van der Waals surface area (Å²) in [5.74, 6) is 0.148. The van der Waals surface area contributed by atoms with Gasteiger partial charge in [0.2, 0.25) is 5.05 Å². The lowest BCUT2D eigenvalue weighted by atomic mass is 9.46. The van der Waals surface area contributed by atoms with Gasteiger partial charge < -0.3 is 14.6 Å². The van der Waals surface area contributed by atoms with E-state index < -0.39 is 17.1 Å². The summed E-state index contributed by atoms with van der Waals surface area (Å²) in [7, 11) is 1.53. The van der Waals surface area contributed by atoms with Crippen molar-refractivity contribution in [2.24, 2.45) is 34.5 Å². The second-order valence-electron chi connectivity index (χ2n) is 10.2. The van der Waals surface area contributed by atoms with Crippen molar-refractivity contribution in [1.29, 1.82) is 0 Å². The Labute approximate surface area is 183 Å². The number of hydrogen-bond donors (Lipinski definition) is 1. The van der Waals surface area contributed by atoms with Crippen molar-refractivity contribution in [2.45, 2.75) is 65.1 Å². The summed E-state index contributed by atoms with van der Waals surface area (Å²) >= 11 is 5.64. The van der Waals surface area contributed by atoms with Crippen molar-refractivity contribution < 1.29 is 24.2 Å². The Kier molecular flexibility index (Phi) is 5.06. The first kappa shape index (κ1) is 21.7. The number of allylic oxidation sites excluding steroid dienone is 4. The molecule has 0 amide bonds. The number of carbonyl (C=O) groups is 2. The maximum Gasteiger partial charge on any atom is 0.303 e. The molecule has 0 aromatic carbocycles. The Morgan fingerprint density at radius 1 is 1.33 bits per heavy atom. The van der Waals surface area contributed by atoms with Crippen molar-refractivity contribution in [3.63, 3.8) is 0 Å². The van der Waals surface area contributed by atoms with E-state index in [1.54, 1.807) is 12.2 Å². The number of hydrogen-bond acceptors (Lipinski definition) is 6. The lowest BCUT2D eigenvalue weighted by Gasteiger charge is -2.60. The van der Waals surface area contributed by atoms with Crippen LogP contribution in [0.4, 0.5) is 0 Å². The largest absolute Gasteiger partial charge is 0.487 e. The van der Waals surface area contributed by atoms with Crippen molar-refractivity contribution in [2.75, 3.05) is 7.11 Å². The van der Waals surface area contributed by atoms with Crippen LogP contribution in [-0.2, 0) is 19.1 Å². The van der Waals surface area contributed by atoms with Gasteiger partial charge in [-0.05, 0) is 61.9 Å². The van der Waals surface area contributed by atoms with Gasteiger partial charge in [0.25, 0.3) is 0 Å². The highest BCUT2D eigenvalue weighted by molar-refractivity contribution is 7.80. The van der Waals surface area contributed by atoms with Gasteiger partial charge in [-0.25, -0.2) is 0 Å². The minimum atomic E-state index is -1.03. The van der Waals surface area contributed by atoms with Crippen LogP contribution in [0.1, 0.15) is 53.4 Å². The predicted molar refractivity (Wildman–Crippen MR) is 117 cm³/mol. The Bertz CT molecular complexity index is 862. The second-order valence-corrected chi connectivity index (χ2v) is 10.5. The van der Waals surface area contributed by atoms with Crippen LogP contribution in [0.15, 0.2) is 23.8 Å². The van der Waals surface area contributed by atoms with Gasteiger partial charge in [0.15, 0.2) is 11.4 Å². The smallest absolute Gasteiger partial charge is 0.303 e. The molecular weight excluding hydrogens is 400 g/mol. The molecular formula is C24H32O5S. The Morgan fingerprint density at radius 2 is 2.03 bits per heavy atom. The zero-order valence-corrected chi connectivity index (χ0v) is 19.3. The molecule has 4 aliphatic carbocycles. The highest BCUT2D eigenvalue weighted by Crippen LogP contribution is 2.69. The number of fused-ring (bicyclic) bond motifs is 5. The summed E-state index contributed by atoms with van der Waals surface area (Å²) in [6.07, 6.45) is 7.91. The molecule has 0 unspecified atom stereocenters. The second kappa shape index (κ2) is 6.99. The topological polar surface area (TPSA) is 72.8 Å². The average Bonchev–Trinajstić information content (AvgIpc) is 2.88. The molecule has 0 aromatic heterocycles. The molecule has 30 heavy (non-hydrogen) atoms. The standard InChI is InChI=1S/C24H32O5S/c1-13-10-18-17-7-6-15-11-16(26)8-9-22(15,3)20(17)19(27)12-23(18,4)24(13,21(30)28-5)29-14(2)25/h8-9,11,13,17-20,27H,6-7,10,12H2,1-5H3/t13-,17-,18-,19-,20+,22-,23-,24-/m0/s1. The average molecular weight is 433 g/mol. The maximum atomic E-state index is 12.2. The number of ether oxygens (including phenoxy) is 2. The lowest BCUT2D eigenvalue weighted by Crippen LogP contribution is -2.63. The van der Waals surface area contributed by atoms with Crippen LogP contribution in [0.5, 0.6) is 0 Å². The van der Waals surface area contributed by atoms with Crippen molar-refractivity contribution in [1.82, 2.24) is 0 Å². The molecule has 4 rings (SSSR count). The van der Waals surface area contributed by atoms with Crippen LogP contribution in [0.3, 0.4) is 0 Å². The molecule has 3 saturated carbocycles. The lowest BCUT2D eigenvalue weighted by molar-refractivity contribution is -0.184. The number of carbonyl (C=O) groups excluding carboxylic acids is 2. The van der Waals surface area contributed by atoms with E-state index in [0.717, 1.165) is 24.8 Å². The number of esters is 1. The van der Waals surface area contributed by atoms with E-state index in [1.165, 1.54) is 14.0 Å². The van der Waals surface area contributed by atoms with Crippen LogP contribution >= 0.6 is 12.2 Å². The van der Waals surface area contributed by atoms with Gasteiger partial charge in [0.05, 0.1) is 13.2 Å². The minimum absolute atomic E-state index is 0.0111. The van der Waals surface area contributed by atoms with Gasteiger partial charge in [0, 0.05) is 29.6 Å². The van der Waals surface area contributed by atoms with Crippen LogP contribution in [0.25, 0.3) is 0 Å². The molecule has 0 heterocycles. The number of thiocarbonyl (C=S) groups is 1. The summed E-state index contributed by atoms with van der Waals surface area (Å²) in [6.45, 7) is 7.76. The monoisotopic (exact) mass is 432 g/mol. The Morgan fingerprint density at radius 3 is 2.67 bits per heavy atom. The zero-order valence-electron chi connectivity index (χ0n) is 18.4. The fraction of sp³-hybridized carbons (Fsp3) is 0.708. The van der Waals surface area contributed by atoms with Crippen molar-refractivity contribution in [3.05, 3.63) is 23.8 Å². The highest BCUT2D eigenvalue weighted by atomic mass is 32.1. The number of rotatable bonds is 2. The molecule has 0 aromatic rings. The predicted octanol–water partition coefficient (Wildman–Crippen LogP) is 3.79. The number of aliphatic hydroxyl groups is 1. The number of ketones is 1. The van der Waals surface area contributed by atoms with Crippen molar-refractivity contribution in [3.8, 4) is 0 Å². The molecule has 0 radical (unpaired) electrons. The summed E-state index contributed by atoms with van der Waals surface area (Å²) in [5, 5.41) is 11.8. The molecule has 8 atom stereocenters. The van der Waals surface area contributed by atoms with Gasteiger partial charge >= 0.3 is 5.97 Å². The van der Waals surface area contributed by atoms with Crippen LogP contribution in [0.2, 0.25) is 0 Å². The van der Waals surface area contributed by atoms with Gasteiger partial charge in [-0.2, -0.15) is 0 Å². The van der Waals surface area contributed by atoms with Gasteiger partial charge in [-0.1, -0.05) is 32.4 Å². The molecule has 1 N–H and O–H groups in total. The van der Waals surface area contributed by atoms with E-state index in [1.807, 2.05) is 6.08 Å². The summed E-state index contributed by atoms with van der Waals surface area (Å²) < 4.78 is 11.6. The minimum Gasteiger partial charge on any atom is -0.487 e. The first-order valence-electron chi connectivity index (χ1n) is 10.9. The van der Waals surface area contributed by atoms with Crippen LogP contribution in [-0.4, -0.2) is 40.7 Å². The Balaban J connectivity index is 1.81. The maximum absolute atomic E-state index is 12.2. The van der Waals surface area contributed by atoms with E-state index in [9.17, 15) is 14.7 Å². The molecule has 5 nitrogen and oxygen atoms in total. The molecule has 3 fully saturated rings. The van der Waals surface area contributed by atoms with E-state index in [4.69, 9.17) is 21.7 Å². The summed E-state index contributed by atoms with van der Waals surface area (Å²) in [4.78, 5) is 24.1. The van der Waals surface area contributed by atoms with Gasteiger partial charge in [-0.15, -0.1) is 0 Å². The first-order chi connectivity index (χ1) is 14.0. The molecule has 0 saturated heterocycles. The molecule has 0 spiro atoms. The molecule has 0 aliphatic heterocycles. The van der Waals surface area contributed by atoms with E-state index in [-0.39, 0.29) is 40.8 Å². The van der Waals surface area contributed by atoms with Crippen molar-refractivity contribution >= 4 is 29.0 Å². The van der Waals surface area contributed by atoms with Crippen LogP contribution in [0, 0.1) is 34.5 Å². The van der Waals surface area contributed by atoms with Gasteiger partial charge in [-0.3, -0.25) is 9.59 Å². The highest BCUT2D eigenvalue weighted by Gasteiger charge is 2.72. The summed E-state index contributed by atoms with van der Waals surface area (Å²) in [6, 6.07) is 0. The third-order valence-corrected chi connectivity index (χ3v) is 9.30. The van der Waals surface area contributed by atoms with E-state index in [0.29, 0.717) is 11.5 Å². The molecule has 164 valence electrons. The molecule has 0 bridgehead atoms. The fourth-order valence-corrected chi connectivity index (χ4v) is 8.19. The Hall–Kier alpha value is -1.53. The molecule has 4 aliphatic rings. The fourth-order valence-electron chi connectivity index (χ4n) is 7.72. The first-order valence-corrected chi connectivity index (χ1v) is 11.3. The summed E-state index contributed by atoms with van der Waals surface area (Å²) in [5.41, 5.74) is -0.745. The third-order valence-electron chi connectivity index (χ3n) is 8.83. The number of aliphatic hydroxyl groups excluding tert-OH is 1. The molecule has 6 heteroatoms. The van der Waals surface area contributed by atoms with Gasteiger partial charge in [0.1, 0.15) is 0 Å². The van der Waals surface area contributed by atoms with E-state index in [2.05, 4.69) is 20.8 Å². The zero-order chi connectivity index (χ0) is 22.1. The SMILES string of the molecule is COC(=S)[C@@]1(OC(C)=O)[C@@H](C)C[C@H]2[C@@H]3CCC4=CC(=O)C=C[C@]4(C)[C@H]3[C@@H](O)C[C@@]21C. The third kappa shape index (κ3) is 2.65.